The zero-order chi connectivity index (χ0) is 26.7. The fourth-order valence-electron chi connectivity index (χ4n) is 6.62. The lowest BCUT2D eigenvalue weighted by Crippen LogP contribution is -2.50. The SMILES string of the molecule is Cc1ccc(OCc2cc(C)c3c(c2)CCN(C2COC2)C3)c(-c2csc(N3CC[C@@]4(C(=O)O)C[C@H]4C3)n2)c1. The average Bonchev–Trinajstić information content (AvgIpc) is 3.45. The van der Waals surface area contributed by atoms with Gasteiger partial charge in [-0.25, -0.2) is 4.98 Å². The van der Waals surface area contributed by atoms with Gasteiger partial charge in [0.05, 0.1) is 30.4 Å². The van der Waals surface area contributed by atoms with Gasteiger partial charge in [-0.1, -0.05) is 23.8 Å². The molecule has 1 N–H and O–H groups in total. The number of aryl methyl sites for hydroxylation is 2. The first-order chi connectivity index (χ1) is 18.9. The van der Waals surface area contributed by atoms with E-state index in [1.807, 2.05) is 0 Å². The van der Waals surface area contributed by atoms with Crippen molar-refractivity contribution in [2.45, 2.75) is 52.3 Å². The number of anilines is 1. The standard InChI is InChI=1S/C31H35N3O4S/c1-19-3-4-28(38-15-21-10-20(2)26-14-33(24-16-37-17-24)7-5-22(26)11-21)25(9-19)27-18-39-30(32-27)34-8-6-31(29(35)36)12-23(31)13-34/h3-4,9-11,18,23-24H,5-8,12-17H2,1-2H3,(H,35,36)/t23-,31+/m0/s1. The maximum atomic E-state index is 11.7. The van der Waals surface area contributed by atoms with Gasteiger partial charge in [-0.3, -0.25) is 9.69 Å². The molecule has 4 aliphatic rings. The molecule has 3 aliphatic heterocycles. The summed E-state index contributed by atoms with van der Waals surface area (Å²) in [6.07, 6.45) is 2.57. The molecule has 4 heterocycles. The van der Waals surface area contributed by atoms with E-state index in [0.717, 1.165) is 74.4 Å². The lowest BCUT2D eigenvalue weighted by atomic mass is 9.92. The zero-order valence-electron chi connectivity index (χ0n) is 22.6. The van der Waals surface area contributed by atoms with Crippen LogP contribution < -0.4 is 9.64 Å². The van der Waals surface area contributed by atoms with Crippen molar-refractivity contribution in [2.75, 3.05) is 37.7 Å². The number of aliphatic carboxylic acids is 1. The minimum atomic E-state index is -0.631. The summed E-state index contributed by atoms with van der Waals surface area (Å²) >= 11 is 1.63. The van der Waals surface area contributed by atoms with Crippen molar-refractivity contribution in [1.29, 1.82) is 0 Å². The van der Waals surface area contributed by atoms with Crippen LogP contribution in [0, 0.1) is 25.2 Å². The summed E-state index contributed by atoms with van der Waals surface area (Å²) < 4.78 is 11.9. The van der Waals surface area contributed by atoms with E-state index in [2.05, 4.69) is 59.4 Å². The summed E-state index contributed by atoms with van der Waals surface area (Å²) in [5, 5.41) is 12.7. The number of nitrogens with zero attached hydrogens (tertiary/aromatic N) is 3. The predicted octanol–water partition coefficient (Wildman–Crippen LogP) is 5.06. The quantitative estimate of drug-likeness (QED) is 0.445. The van der Waals surface area contributed by atoms with E-state index in [0.29, 0.717) is 19.1 Å². The van der Waals surface area contributed by atoms with Gasteiger partial charge in [-0.15, -0.1) is 11.3 Å². The second-order valence-corrected chi connectivity index (χ2v) is 12.7. The Labute approximate surface area is 233 Å². The van der Waals surface area contributed by atoms with Gasteiger partial charge in [0.2, 0.25) is 0 Å². The third kappa shape index (κ3) is 4.52. The molecule has 0 bridgehead atoms. The van der Waals surface area contributed by atoms with E-state index >= 15 is 0 Å². The first kappa shape index (κ1) is 25.1. The number of rotatable bonds is 7. The molecule has 1 saturated carbocycles. The van der Waals surface area contributed by atoms with E-state index in [1.165, 1.54) is 27.8 Å². The third-order valence-corrected chi connectivity index (χ3v) is 10.2. The number of carboxylic acid groups (broad SMARTS) is 1. The molecule has 1 aromatic heterocycles. The molecule has 39 heavy (non-hydrogen) atoms. The number of carboxylic acids is 1. The minimum Gasteiger partial charge on any atom is -0.488 e. The Morgan fingerprint density at radius 3 is 2.87 bits per heavy atom. The number of benzene rings is 2. The molecule has 0 unspecified atom stereocenters. The smallest absolute Gasteiger partial charge is 0.310 e. The number of fused-ring (bicyclic) bond motifs is 2. The van der Waals surface area contributed by atoms with Crippen molar-refractivity contribution in [1.82, 2.24) is 9.88 Å². The van der Waals surface area contributed by atoms with Crippen molar-refractivity contribution in [2.24, 2.45) is 11.3 Å². The van der Waals surface area contributed by atoms with Gasteiger partial charge in [0.25, 0.3) is 0 Å². The summed E-state index contributed by atoms with van der Waals surface area (Å²) in [6.45, 7) is 10.2. The molecule has 7 rings (SSSR count). The Bertz CT molecular complexity index is 1430. The summed E-state index contributed by atoms with van der Waals surface area (Å²) in [5.74, 6) is 0.451. The molecule has 2 aromatic carbocycles. The molecular weight excluding hydrogens is 510 g/mol. The number of carbonyl (C=O) groups is 1. The van der Waals surface area contributed by atoms with E-state index < -0.39 is 11.4 Å². The highest BCUT2D eigenvalue weighted by molar-refractivity contribution is 7.14. The zero-order valence-corrected chi connectivity index (χ0v) is 23.4. The van der Waals surface area contributed by atoms with Crippen molar-refractivity contribution >= 4 is 22.4 Å². The van der Waals surface area contributed by atoms with Crippen LogP contribution in [0.3, 0.4) is 0 Å². The van der Waals surface area contributed by atoms with Crippen LogP contribution in [0.15, 0.2) is 35.7 Å². The molecule has 1 aliphatic carbocycles. The summed E-state index contributed by atoms with van der Waals surface area (Å²) in [7, 11) is 0. The van der Waals surface area contributed by atoms with Gasteiger partial charge in [-0.05, 0) is 73.4 Å². The molecule has 2 atom stereocenters. The van der Waals surface area contributed by atoms with E-state index in [9.17, 15) is 9.90 Å². The molecule has 3 aromatic rings. The van der Waals surface area contributed by atoms with Crippen molar-refractivity contribution in [3.63, 3.8) is 0 Å². The van der Waals surface area contributed by atoms with Crippen LogP contribution in [-0.2, 0) is 29.1 Å². The number of piperidine rings is 1. The number of ether oxygens (including phenoxy) is 2. The monoisotopic (exact) mass is 545 g/mol. The molecule has 7 nitrogen and oxygen atoms in total. The first-order valence-electron chi connectivity index (χ1n) is 14.0. The predicted molar refractivity (Wildman–Crippen MR) is 152 cm³/mol. The average molecular weight is 546 g/mol. The molecule has 3 fully saturated rings. The van der Waals surface area contributed by atoms with Crippen molar-refractivity contribution < 1.29 is 19.4 Å². The van der Waals surface area contributed by atoms with Crippen molar-refractivity contribution in [3.8, 4) is 17.0 Å². The largest absolute Gasteiger partial charge is 0.488 e. The molecular formula is C31H35N3O4S. The first-order valence-corrected chi connectivity index (χ1v) is 14.9. The molecule has 0 radical (unpaired) electrons. The van der Waals surface area contributed by atoms with Crippen LogP contribution >= 0.6 is 11.3 Å². The number of hydrogen-bond donors (Lipinski definition) is 1. The van der Waals surface area contributed by atoms with Crippen LogP contribution in [0.2, 0.25) is 0 Å². The molecule has 8 heteroatoms. The van der Waals surface area contributed by atoms with Crippen LogP contribution in [0.5, 0.6) is 5.75 Å². The second-order valence-electron chi connectivity index (χ2n) is 11.8. The highest BCUT2D eigenvalue weighted by Crippen LogP contribution is 2.58. The molecule has 204 valence electrons. The van der Waals surface area contributed by atoms with Gasteiger partial charge < -0.3 is 19.5 Å². The van der Waals surface area contributed by atoms with Gasteiger partial charge in [0, 0.05) is 37.1 Å². The number of aromatic nitrogens is 1. The highest BCUT2D eigenvalue weighted by Gasteiger charge is 2.62. The third-order valence-electron chi connectivity index (χ3n) is 9.29. The van der Waals surface area contributed by atoms with Gasteiger partial charge in [-0.2, -0.15) is 0 Å². The summed E-state index contributed by atoms with van der Waals surface area (Å²) in [4.78, 5) is 21.5. The maximum Gasteiger partial charge on any atom is 0.310 e. The Hall–Kier alpha value is -2.94. The molecule has 0 amide bonds. The maximum absolute atomic E-state index is 11.7. The molecule has 2 saturated heterocycles. The fourth-order valence-corrected chi connectivity index (χ4v) is 7.48. The lowest BCUT2D eigenvalue weighted by molar-refractivity contribution is -0.144. The highest BCUT2D eigenvalue weighted by atomic mass is 32.1. The van der Waals surface area contributed by atoms with E-state index in [1.54, 1.807) is 11.3 Å². The van der Waals surface area contributed by atoms with Crippen LogP contribution in [0.25, 0.3) is 11.3 Å². The molecule has 0 spiro atoms. The van der Waals surface area contributed by atoms with Crippen LogP contribution in [0.1, 0.15) is 40.7 Å². The Balaban J connectivity index is 1.06. The van der Waals surface area contributed by atoms with Crippen LogP contribution in [-0.4, -0.2) is 59.8 Å². The number of thiazole rings is 1. The normalized spacial score (nSPS) is 24.6. The summed E-state index contributed by atoms with van der Waals surface area (Å²) in [5.41, 5.74) is 8.07. The fraction of sp³-hybridized carbons (Fsp3) is 0.484. The van der Waals surface area contributed by atoms with Crippen LogP contribution in [0.4, 0.5) is 5.13 Å². The minimum absolute atomic E-state index is 0.240. The summed E-state index contributed by atoms with van der Waals surface area (Å²) in [6, 6.07) is 11.5. The van der Waals surface area contributed by atoms with Gasteiger partial charge in [0.1, 0.15) is 12.4 Å². The topological polar surface area (TPSA) is 75.1 Å². The Kier molecular flexibility index (Phi) is 6.17. The Morgan fingerprint density at radius 1 is 1.23 bits per heavy atom. The lowest BCUT2D eigenvalue weighted by Gasteiger charge is -2.40. The van der Waals surface area contributed by atoms with Crippen molar-refractivity contribution in [3.05, 3.63) is 63.5 Å². The van der Waals surface area contributed by atoms with Gasteiger partial charge in [0.15, 0.2) is 5.13 Å². The Morgan fingerprint density at radius 2 is 2.10 bits per heavy atom. The van der Waals surface area contributed by atoms with E-state index in [-0.39, 0.29) is 5.92 Å². The second kappa shape index (κ2) is 9.61. The number of hydrogen-bond acceptors (Lipinski definition) is 7. The van der Waals surface area contributed by atoms with Gasteiger partial charge >= 0.3 is 5.97 Å². The van der Waals surface area contributed by atoms with E-state index in [4.69, 9.17) is 14.5 Å².